The Bertz CT molecular complexity index is 973. The molecular weight excluding hydrogens is 468 g/mol. The van der Waals surface area contributed by atoms with E-state index in [1.807, 2.05) is 0 Å². The van der Waals surface area contributed by atoms with Crippen molar-refractivity contribution >= 4 is 11.9 Å². The Kier molecular flexibility index (Phi) is 7.04. The summed E-state index contributed by atoms with van der Waals surface area (Å²) in [5.74, 6) is -3.60. The van der Waals surface area contributed by atoms with Crippen molar-refractivity contribution in [2.45, 2.75) is 62.4 Å². The van der Waals surface area contributed by atoms with E-state index >= 15 is 0 Å². The zero-order valence-electron chi connectivity index (χ0n) is 18.8. The van der Waals surface area contributed by atoms with Gasteiger partial charge in [-0.15, -0.1) is 0 Å². The number of phenols is 1. The van der Waals surface area contributed by atoms with Crippen LogP contribution in [-0.4, -0.2) is 91.8 Å². The molecule has 0 spiro atoms. The minimum atomic E-state index is -1.72. The Balaban J connectivity index is 1.60. The van der Waals surface area contributed by atoms with E-state index in [9.17, 15) is 40.2 Å². The van der Waals surface area contributed by atoms with E-state index < -0.39 is 73.0 Å². The molecule has 2 fully saturated rings. The topological polar surface area (TPSA) is 192 Å². The van der Waals surface area contributed by atoms with Crippen LogP contribution in [-0.2, 0) is 23.7 Å². The summed E-state index contributed by atoms with van der Waals surface area (Å²) in [5.41, 5.74) is -1.34. The second-order valence-corrected chi connectivity index (χ2v) is 9.17. The quantitative estimate of drug-likeness (QED) is 0.276. The molecule has 1 aliphatic carbocycles. The van der Waals surface area contributed by atoms with Gasteiger partial charge in [-0.05, 0) is 44.0 Å². The largest absolute Gasteiger partial charge is 0.508 e. The van der Waals surface area contributed by atoms with Gasteiger partial charge >= 0.3 is 11.9 Å². The highest BCUT2D eigenvalue weighted by Gasteiger charge is 2.56. The van der Waals surface area contributed by atoms with Crippen LogP contribution in [0, 0.1) is 11.8 Å². The summed E-state index contributed by atoms with van der Waals surface area (Å²) >= 11 is 0. The number of hydrogen-bond donors (Lipinski definition) is 6. The zero-order valence-corrected chi connectivity index (χ0v) is 18.8. The molecule has 1 saturated carbocycles. The zero-order chi connectivity index (χ0) is 25.5. The number of aliphatic hydroxyl groups is 4. The lowest BCUT2D eigenvalue weighted by atomic mass is 9.81. The van der Waals surface area contributed by atoms with Gasteiger partial charge in [-0.1, -0.05) is 0 Å². The van der Waals surface area contributed by atoms with Gasteiger partial charge < -0.3 is 49.6 Å². The molecule has 1 saturated heterocycles. The number of carbonyl (C=O) groups excluding carboxylic acids is 1. The summed E-state index contributed by atoms with van der Waals surface area (Å²) in [6.45, 7) is 0.844. The van der Waals surface area contributed by atoms with Gasteiger partial charge in [0.1, 0.15) is 24.1 Å². The molecule has 12 heteroatoms. The Labute approximate surface area is 199 Å². The molecule has 0 amide bonds. The first-order chi connectivity index (χ1) is 16.5. The summed E-state index contributed by atoms with van der Waals surface area (Å²) in [7, 11) is 0. The SMILES string of the molecule is C[C@]1(O)CC[C@@H]2C(C(=O)O)=CO[C@@H](O[C@H]3O[C@@H](CO)[C@H](O)[C@@H](O)[C@@H]3OC(=O)c3ccc(O)cc3)[C@@H]21. The van der Waals surface area contributed by atoms with Crippen molar-refractivity contribution in [1.29, 1.82) is 0 Å². The average Bonchev–Trinajstić information content (AvgIpc) is 3.14. The Hall–Kier alpha value is -2.74. The fourth-order valence-corrected chi connectivity index (χ4v) is 4.91. The summed E-state index contributed by atoms with van der Waals surface area (Å²) < 4.78 is 22.4. The van der Waals surface area contributed by atoms with Crippen LogP contribution in [0.5, 0.6) is 5.75 Å². The van der Waals surface area contributed by atoms with Gasteiger partial charge in [0.05, 0.1) is 35.5 Å². The van der Waals surface area contributed by atoms with Crippen molar-refractivity contribution in [1.82, 2.24) is 0 Å². The van der Waals surface area contributed by atoms with E-state index in [-0.39, 0.29) is 23.3 Å². The van der Waals surface area contributed by atoms with Crippen LogP contribution in [0.1, 0.15) is 30.1 Å². The van der Waals surface area contributed by atoms with E-state index in [1.165, 1.54) is 31.2 Å². The molecule has 0 bridgehead atoms. The van der Waals surface area contributed by atoms with Crippen LogP contribution in [0.25, 0.3) is 0 Å². The van der Waals surface area contributed by atoms with Crippen molar-refractivity contribution in [2.24, 2.45) is 11.8 Å². The van der Waals surface area contributed by atoms with Crippen LogP contribution in [0.4, 0.5) is 0 Å². The van der Waals surface area contributed by atoms with Gasteiger partial charge in [-0.3, -0.25) is 0 Å². The number of ether oxygens (including phenoxy) is 4. The number of hydrogen-bond acceptors (Lipinski definition) is 11. The van der Waals surface area contributed by atoms with E-state index in [0.717, 1.165) is 6.26 Å². The van der Waals surface area contributed by atoms with Crippen LogP contribution >= 0.6 is 0 Å². The summed E-state index contributed by atoms with van der Waals surface area (Å²) in [4.78, 5) is 24.3. The molecule has 35 heavy (non-hydrogen) atoms. The summed E-state index contributed by atoms with van der Waals surface area (Å²) in [6.07, 6.45) is -7.32. The molecule has 9 atom stereocenters. The fraction of sp³-hybridized carbons (Fsp3) is 0.565. The van der Waals surface area contributed by atoms with Gasteiger partial charge in [0.15, 0.2) is 6.10 Å². The number of aromatic hydroxyl groups is 1. The number of phenolic OH excluding ortho intramolecular Hbond substituents is 1. The minimum Gasteiger partial charge on any atom is -0.508 e. The number of aliphatic carboxylic acids is 1. The molecule has 0 unspecified atom stereocenters. The molecule has 12 nitrogen and oxygen atoms in total. The first kappa shape index (κ1) is 25.4. The highest BCUT2D eigenvalue weighted by atomic mass is 16.8. The van der Waals surface area contributed by atoms with E-state index in [2.05, 4.69) is 0 Å². The molecule has 192 valence electrons. The standard InChI is InChI=1S/C23H28O12/c1-23(31)7-6-12-13(19(28)29)9-32-21(15(12)23)35-22-18(17(27)16(26)14(8-24)33-22)34-20(30)10-2-4-11(25)5-3-10/h2-5,9,12,14-18,21-22,24-27,31H,6-8H2,1H3,(H,28,29)/t12-,14+,15-,16+,17-,18+,21+,22-,23+/m1/s1. The summed E-state index contributed by atoms with van der Waals surface area (Å²) in [5, 5.41) is 60.4. The van der Waals surface area contributed by atoms with Crippen molar-refractivity contribution < 1.29 is 59.2 Å². The third kappa shape index (κ3) is 4.85. The maximum absolute atomic E-state index is 12.7. The van der Waals surface area contributed by atoms with Crippen LogP contribution < -0.4 is 0 Å². The van der Waals surface area contributed by atoms with Crippen molar-refractivity contribution in [3.8, 4) is 5.75 Å². The normalized spacial score (nSPS) is 38.7. The number of carboxylic acid groups (broad SMARTS) is 1. The van der Waals surface area contributed by atoms with Crippen molar-refractivity contribution in [2.75, 3.05) is 6.61 Å². The lowest BCUT2D eigenvalue weighted by Gasteiger charge is -2.45. The predicted octanol–water partition coefficient (Wildman–Crippen LogP) is -0.525. The Morgan fingerprint density at radius 3 is 2.46 bits per heavy atom. The number of esters is 1. The molecule has 6 N–H and O–H groups in total. The smallest absolute Gasteiger partial charge is 0.338 e. The number of carboxylic acids is 1. The maximum Gasteiger partial charge on any atom is 0.338 e. The van der Waals surface area contributed by atoms with Gasteiger partial charge in [0, 0.05) is 5.92 Å². The molecule has 1 aromatic carbocycles. The fourth-order valence-electron chi connectivity index (χ4n) is 4.91. The van der Waals surface area contributed by atoms with Crippen LogP contribution in [0.2, 0.25) is 0 Å². The van der Waals surface area contributed by atoms with Gasteiger partial charge in [-0.25, -0.2) is 9.59 Å². The number of benzene rings is 1. The Morgan fingerprint density at radius 2 is 1.83 bits per heavy atom. The van der Waals surface area contributed by atoms with Crippen molar-refractivity contribution in [3.63, 3.8) is 0 Å². The van der Waals surface area contributed by atoms with E-state index in [4.69, 9.17) is 18.9 Å². The molecule has 2 heterocycles. The molecule has 1 aromatic rings. The van der Waals surface area contributed by atoms with Gasteiger partial charge in [0.25, 0.3) is 0 Å². The molecule has 0 aromatic heterocycles. The van der Waals surface area contributed by atoms with Crippen LogP contribution in [0.3, 0.4) is 0 Å². The lowest BCUT2D eigenvalue weighted by Crippen LogP contribution is -2.62. The molecule has 3 aliphatic rings. The van der Waals surface area contributed by atoms with Crippen molar-refractivity contribution in [3.05, 3.63) is 41.7 Å². The molecule has 0 radical (unpaired) electrons. The van der Waals surface area contributed by atoms with E-state index in [0.29, 0.717) is 6.42 Å². The van der Waals surface area contributed by atoms with Crippen LogP contribution in [0.15, 0.2) is 36.1 Å². The molecule has 2 aliphatic heterocycles. The molecule has 4 rings (SSSR count). The van der Waals surface area contributed by atoms with Gasteiger partial charge in [0.2, 0.25) is 12.6 Å². The first-order valence-corrected chi connectivity index (χ1v) is 11.1. The number of rotatable bonds is 6. The maximum atomic E-state index is 12.7. The average molecular weight is 496 g/mol. The predicted molar refractivity (Wildman–Crippen MR) is 114 cm³/mol. The first-order valence-electron chi connectivity index (χ1n) is 11.1. The highest BCUT2D eigenvalue weighted by Crippen LogP contribution is 2.49. The number of carbonyl (C=O) groups is 2. The summed E-state index contributed by atoms with van der Waals surface area (Å²) in [6, 6.07) is 5.11. The van der Waals surface area contributed by atoms with Gasteiger partial charge in [-0.2, -0.15) is 0 Å². The highest BCUT2D eigenvalue weighted by molar-refractivity contribution is 5.89. The lowest BCUT2D eigenvalue weighted by molar-refractivity contribution is -0.345. The second-order valence-electron chi connectivity index (χ2n) is 9.17. The monoisotopic (exact) mass is 496 g/mol. The number of fused-ring (bicyclic) bond motifs is 1. The third-order valence-electron chi connectivity index (χ3n) is 6.82. The third-order valence-corrected chi connectivity index (χ3v) is 6.82. The Morgan fingerprint density at radius 1 is 1.14 bits per heavy atom. The molecular formula is C23H28O12. The minimum absolute atomic E-state index is 0.0174. The number of aliphatic hydroxyl groups excluding tert-OH is 3. The van der Waals surface area contributed by atoms with E-state index in [1.54, 1.807) is 0 Å². The second kappa shape index (κ2) is 9.72.